The molecular formula is C53H34N2. The van der Waals surface area contributed by atoms with Crippen molar-refractivity contribution in [2.24, 2.45) is 0 Å². The highest BCUT2D eigenvalue weighted by Gasteiger charge is 2.49. The van der Waals surface area contributed by atoms with Gasteiger partial charge in [0.25, 0.3) is 0 Å². The van der Waals surface area contributed by atoms with E-state index < -0.39 is 5.41 Å². The first-order valence-corrected chi connectivity index (χ1v) is 18.9. The topological polar surface area (TPSA) is 25.8 Å². The van der Waals surface area contributed by atoms with Crippen molar-refractivity contribution in [1.29, 1.82) is 0 Å². The zero-order valence-corrected chi connectivity index (χ0v) is 30.0. The molecule has 0 atom stereocenters. The molecule has 256 valence electrons. The summed E-state index contributed by atoms with van der Waals surface area (Å²) in [5.41, 5.74) is 19.4. The van der Waals surface area contributed by atoms with Crippen LogP contribution >= 0.6 is 0 Å². The molecule has 0 unspecified atom stereocenters. The summed E-state index contributed by atoms with van der Waals surface area (Å²) >= 11 is 0. The van der Waals surface area contributed by atoms with Gasteiger partial charge < -0.3 is 0 Å². The average Bonchev–Trinajstić information content (AvgIpc) is 3.51. The van der Waals surface area contributed by atoms with Crippen LogP contribution in [0.15, 0.2) is 206 Å². The van der Waals surface area contributed by atoms with Crippen LogP contribution in [0.3, 0.4) is 0 Å². The summed E-state index contributed by atoms with van der Waals surface area (Å²) in [7, 11) is 0. The lowest BCUT2D eigenvalue weighted by molar-refractivity contribution is 0.775. The smallest absolute Gasteiger partial charge is 0.160 e. The van der Waals surface area contributed by atoms with Gasteiger partial charge in [-0.1, -0.05) is 194 Å². The van der Waals surface area contributed by atoms with Gasteiger partial charge in [0.15, 0.2) is 5.82 Å². The number of fused-ring (bicyclic) bond motifs is 12. The van der Waals surface area contributed by atoms with Gasteiger partial charge in [0.05, 0.1) is 16.8 Å². The van der Waals surface area contributed by atoms with E-state index in [1.807, 2.05) is 6.07 Å². The van der Waals surface area contributed by atoms with E-state index in [0.717, 1.165) is 28.1 Å². The Bertz CT molecular complexity index is 2840. The van der Waals surface area contributed by atoms with Gasteiger partial charge in [0.2, 0.25) is 0 Å². The number of nitrogens with zero attached hydrogens (tertiary/aromatic N) is 2. The molecule has 1 aromatic heterocycles. The fraction of sp³-hybridized carbons (Fsp3) is 0.0189. The summed E-state index contributed by atoms with van der Waals surface area (Å²) in [4.78, 5) is 10.5. The molecule has 0 bridgehead atoms. The van der Waals surface area contributed by atoms with Crippen LogP contribution in [-0.4, -0.2) is 9.97 Å². The molecule has 2 nitrogen and oxygen atoms in total. The number of hydrogen-bond donors (Lipinski definition) is 0. The Morgan fingerprint density at radius 1 is 0.255 bits per heavy atom. The Morgan fingerprint density at radius 3 is 1.16 bits per heavy atom. The predicted octanol–water partition coefficient (Wildman–Crippen LogP) is 13.2. The molecule has 0 fully saturated rings. The standard InChI is InChI=1S/C53H34N2/c1-3-15-35(16-4-1)36-27-29-38(30-28-36)51-34-50(37-17-5-2-6-18-37)54-52(55-51)39-31-32-49-45(33-39)44-23-11-14-26-48(44)53(49)46-24-12-9-21-42(46)40-19-7-8-20-41(40)43-22-10-13-25-47(43)53/h1-34H. The lowest BCUT2D eigenvalue weighted by Crippen LogP contribution is -2.29. The summed E-state index contributed by atoms with van der Waals surface area (Å²) in [5.74, 6) is 0.707. The fourth-order valence-electron chi connectivity index (χ4n) is 9.14. The van der Waals surface area contributed by atoms with Gasteiger partial charge in [-0.2, -0.15) is 0 Å². The van der Waals surface area contributed by atoms with E-state index in [0.29, 0.717) is 5.82 Å². The lowest BCUT2D eigenvalue weighted by Gasteiger charge is -2.35. The Morgan fingerprint density at radius 2 is 0.618 bits per heavy atom. The third-order valence-corrected chi connectivity index (χ3v) is 11.6. The molecular weight excluding hydrogens is 665 g/mol. The molecule has 2 heteroatoms. The zero-order chi connectivity index (χ0) is 36.3. The molecule has 0 amide bonds. The SMILES string of the molecule is c1ccc(-c2ccc(-c3cc(-c4ccccc4)nc(-c4ccc5c(c4)-c4ccccc4C54c5ccccc5-c5ccccc5-c5ccccc54)n3)cc2)cc1. The van der Waals surface area contributed by atoms with Gasteiger partial charge >= 0.3 is 0 Å². The number of benzene rings is 8. The van der Waals surface area contributed by atoms with Gasteiger partial charge in [0.1, 0.15) is 0 Å². The summed E-state index contributed by atoms with van der Waals surface area (Å²) in [6.45, 7) is 0. The van der Waals surface area contributed by atoms with E-state index in [9.17, 15) is 0 Å². The van der Waals surface area contributed by atoms with Crippen LogP contribution in [0.25, 0.3) is 78.4 Å². The maximum absolute atomic E-state index is 5.29. The molecule has 0 N–H and O–H groups in total. The third kappa shape index (κ3) is 4.82. The number of hydrogen-bond acceptors (Lipinski definition) is 2. The van der Waals surface area contributed by atoms with Gasteiger partial charge in [-0.25, -0.2) is 9.97 Å². The molecule has 8 aromatic carbocycles. The summed E-state index contributed by atoms with van der Waals surface area (Å²) in [5, 5.41) is 0. The van der Waals surface area contributed by atoms with E-state index in [1.165, 1.54) is 66.8 Å². The van der Waals surface area contributed by atoms with E-state index in [-0.39, 0.29) is 0 Å². The maximum atomic E-state index is 5.29. The van der Waals surface area contributed by atoms with Crippen molar-refractivity contribution in [2.75, 3.05) is 0 Å². The normalized spacial score (nSPS) is 12.9. The molecule has 55 heavy (non-hydrogen) atoms. The molecule has 0 saturated heterocycles. The lowest BCUT2D eigenvalue weighted by atomic mass is 9.66. The van der Waals surface area contributed by atoms with Gasteiger partial charge in [-0.05, 0) is 78.9 Å². The first-order chi connectivity index (χ1) is 27.3. The van der Waals surface area contributed by atoms with Crippen LogP contribution in [0.2, 0.25) is 0 Å². The molecule has 9 aromatic rings. The van der Waals surface area contributed by atoms with E-state index >= 15 is 0 Å². The van der Waals surface area contributed by atoms with Crippen molar-refractivity contribution in [3.05, 3.63) is 229 Å². The Kier molecular flexibility index (Phi) is 7.11. The Balaban J connectivity index is 1.13. The number of aromatic nitrogens is 2. The maximum Gasteiger partial charge on any atom is 0.160 e. The minimum atomic E-state index is -0.519. The highest BCUT2D eigenvalue weighted by atomic mass is 14.9. The van der Waals surface area contributed by atoms with Crippen molar-refractivity contribution < 1.29 is 0 Å². The molecule has 11 rings (SSSR count). The van der Waals surface area contributed by atoms with Crippen LogP contribution in [0, 0.1) is 0 Å². The Hall–Kier alpha value is -7.16. The van der Waals surface area contributed by atoms with Gasteiger partial charge in [-0.15, -0.1) is 0 Å². The van der Waals surface area contributed by atoms with E-state index in [1.54, 1.807) is 0 Å². The quantitative estimate of drug-likeness (QED) is 0.183. The molecule has 1 spiro atoms. The Labute approximate surface area is 321 Å². The molecule has 2 aliphatic carbocycles. The van der Waals surface area contributed by atoms with Crippen molar-refractivity contribution in [3.63, 3.8) is 0 Å². The van der Waals surface area contributed by atoms with Crippen LogP contribution in [0.5, 0.6) is 0 Å². The second-order valence-electron chi connectivity index (χ2n) is 14.5. The van der Waals surface area contributed by atoms with Crippen LogP contribution < -0.4 is 0 Å². The molecule has 1 heterocycles. The first kappa shape index (κ1) is 31.4. The second-order valence-corrected chi connectivity index (χ2v) is 14.5. The second kappa shape index (κ2) is 12.5. The van der Waals surface area contributed by atoms with E-state index in [2.05, 4.69) is 200 Å². The van der Waals surface area contributed by atoms with Crippen LogP contribution in [0.1, 0.15) is 22.3 Å². The zero-order valence-electron chi connectivity index (χ0n) is 30.0. The monoisotopic (exact) mass is 698 g/mol. The minimum absolute atomic E-state index is 0.519. The van der Waals surface area contributed by atoms with Crippen molar-refractivity contribution >= 4 is 0 Å². The summed E-state index contributed by atoms with van der Waals surface area (Å²) < 4.78 is 0. The van der Waals surface area contributed by atoms with E-state index in [4.69, 9.17) is 9.97 Å². The fourth-order valence-corrected chi connectivity index (χ4v) is 9.14. The molecule has 0 saturated carbocycles. The molecule has 2 aliphatic rings. The summed E-state index contributed by atoms with van der Waals surface area (Å²) in [6, 6.07) is 74.6. The van der Waals surface area contributed by atoms with Gasteiger partial charge in [0, 0.05) is 16.7 Å². The van der Waals surface area contributed by atoms with Crippen molar-refractivity contribution in [2.45, 2.75) is 5.41 Å². The predicted molar refractivity (Wildman–Crippen MR) is 226 cm³/mol. The molecule has 0 radical (unpaired) electrons. The van der Waals surface area contributed by atoms with Crippen LogP contribution in [0.4, 0.5) is 0 Å². The average molecular weight is 699 g/mol. The molecule has 0 aliphatic heterocycles. The van der Waals surface area contributed by atoms with Crippen LogP contribution in [-0.2, 0) is 5.41 Å². The highest BCUT2D eigenvalue weighted by Crippen LogP contribution is 2.61. The van der Waals surface area contributed by atoms with Crippen molar-refractivity contribution in [1.82, 2.24) is 9.97 Å². The minimum Gasteiger partial charge on any atom is -0.228 e. The largest absolute Gasteiger partial charge is 0.228 e. The summed E-state index contributed by atoms with van der Waals surface area (Å²) in [6.07, 6.45) is 0. The van der Waals surface area contributed by atoms with Crippen molar-refractivity contribution in [3.8, 4) is 78.4 Å². The highest BCUT2D eigenvalue weighted by molar-refractivity contribution is 5.97. The van der Waals surface area contributed by atoms with Gasteiger partial charge in [-0.3, -0.25) is 0 Å². The third-order valence-electron chi connectivity index (χ3n) is 11.6. The number of rotatable bonds is 4. The first-order valence-electron chi connectivity index (χ1n) is 18.9.